The molecule has 0 N–H and O–H groups in total. The lowest BCUT2D eigenvalue weighted by molar-refractivity contribution is 0.0700. The smallest absolute Gasteiger partial charge is 0.338 e. The molecule has 2 heterocycles. The molecule has 2 fully saturated rings. The number of carbonyl (C=O) groups excluding carboxylic acids is 1. The minimum atomic E-state index is -0.843. The predicted octanol–water partition coefficient (Wildman–Crippen LogP) is 2.21. The fraction of sp³-hybridized carbons (Fsp3) is 0.500. The number of carbonyl (C=O) groups is 1. The van der Waals surface area contributed by atoms with Gasteiger partial charge in [-0.05, 0) is 37.8 Å². The largest absolute Gasteiger partial charge is 0.345 e. The van der Waals surface area contributed by atoms with Gasteiger partial charge < -0.3 is 4.90 Å². The summed E-state index contributed by atoms with van der Waals surface area (Å²) in [6, 6.07) is 3.65. The number of amides is 1. The Morgan fingerprint density at radius 1 is 1.12 bits per heavy atom. The average Bonchev–Trinajstić information content (AvgIpc) is 3.41. The van der Waals surface area contributed by atoms with Crippen molar-refractivity contribution in [2.45, 2.75) is 37.6 Å². The third-order valence-electron chi connectivity index (χ3n) is 5.22. The number of nitrogens with zero attached hydrogens (tertiary/aromatic N) is 4. The zero-order valence-corrected chi connectivity index (χ0v) is 14.5. The van der Waals surface area contributed by atoms with Crippen LogP contribution in [0.1, 0.15) is 53.8 Å². The van der Waals surface area contributed by atoms with Crippen LogP contribution in [-0.4, -0.2) is 38.2 Å². The topological polar surface area (TPSA) is 60.1 Å². The second-order valence-electron chi connectivity index (χ2n) is 7.03. The van der Waals surface area contributed by atoms with Crippen LogP contribution in [0.2, 0.25) is 0 Å². The summed E-state index contributed by atoms with van der Waals surface area (Å²) in [6.07, 6.45) is 3.21. The highest BCUT2D eigenvalue weighted by molar-refractivity contribution is 5.94. The number of benzene rings is 1. The van der Waals surface area contributed by atoms with Crippen LogP contribution in [0.4, 0.5) is 8.78 Å². The van der Waals surface area contributed by atoms with Gasteiger partial charge in [-0.3, -0.25) is 9.36 Å². The number of piperidine rings is 1. The van der Waals surface area contributed by atoms with Crippen molar-refractivity contribution in [2.75, 3.05) is 13.1 Å². The highest BCUT2D eigenvalue weighted by Gasteiger charge is 2.35. The normalized spacial score (nSPS) is 18.3. The molecule has 1 saturated carbocycles. The molecule has 1 aromatic carbocycles. The Hall–Kier alpha value is -2.51. The maximum Gasteiger partial charge on any atom is 0.345 e. The number of hydrogen-bond donors (Lipinski definition) is 0. The summed E-state index contributed by atoms with van der Waals surface area (Å²) in [5.74, 6) is -1.48. The van der Waals surface area contributed by atoms with Gasteiger partial charge in [-0.1, -0.05) is 6.07 Å². The van der Waals surface area contributed by atoms with Gasteiger partial charge in [-0.2, -0.15) is 5.10 Å². The van der Waals surface area contributed by atoms with E-state index in [-0.39, 0.29) is 17.6 Å². The van der Waals surface area contributed by atoms with E-state index in [1.54, 1.807) is 11.6 Å². The molecule has 4 rings (SSSR count). The SMILES string of the molecule is Cn1nc(C2CCN(C(=O)c3c(F)cccc3F)CC2)n(C2CC2)c1=O. The van der Waals surface area contributed by atoms with Crippen LogP contribution in [0.3, 0.4) is 0 Å². The third-order valence-corrected chi connectivity index (χ3v) is 5.22. The van der Waals surface area contributed by atoms with Crippen LogP contribution in [0.25, 0.3) is 0 Å². The molecule has 138 valence electrons. The van der Waals surface area contributed by atoms with Crippen molar-refractivity contribution in [1.29, 1.82) is 0 Å². The predicted molar refractivity (Wildman–Crippen MR) is 90.0 cm³/mol. The molecule has 1 aliphatic carbocycles. The molecule has 8 heteroatoms. The molecule has 1 aliphatic heterocycles. The first-order chi connectivity index (χ1) is 12.5. The molecule has 0 spiro atoms. The highest BCUT2D eigenvalue weighted by atomic mass is 19.1. The van der Waals surface area contributed by atoms with Gasteiger partial charge in [0.2, 0.25) is 0 Å². The van der Waals surface area contributed by atoms with Gasteiger partial charge in [0.15, 0.2) is 0 Å². The lowest BCUT2D eigenvalue weighted by Crippen LogP contribution is -2.39. The van der Waals surface area contributed by atoms with Crippen LogP contribution in [0, 0.1) is 11.6 Å². The molecule has 6 nitrogen and oxygen atoms in total. The molecule has 2 aliphatic rings. The molecule has 0 atom stereocenters. The Kier molecular flexibility index (Phi) is 4.13. The van der Waals surface area contributed by atoms with Crippen molar-refractivity contribution < 1.29 is 13.6 Å². The lowest BCUT2D eigenvalue weighted by Gasteiger charge is -2.31. The second-order valence-corrected chi connectivity index (χ2v) is 7.03. The Bertz CT molecular complexity index is 888. The number of aromatic nitrogens is 3. The van der Waals surface area contributed by atoms with E-state index in [9.17, 15) is 18.4 Å². The first-order valence-electron chi connectivity index (χ1n) is 8.86. The Balaban J connectivity index is 1.51. The molecule has 0 bridgehead atoms. The van der Waals surface area contributed by atoms with Gasteiger partial charge in [-0.15, -0.1) is 0 Å². The van der Waals surface area contributed by atoms with Gasteiger partial charge in [0.05, 0.1) is 0 Å². The summed E-state index contributed by atoms with van der Waals surface area (Å²) in [7, 11) is 1.64. The van der Waals surface area contributed by atoms with Crippen molar-refractivity contribution >= 4 is 5.91 Å². The molecule has 1 saturated heterocycles. The maximum absolute atomic E-state index is 13.9. The fourth-order valence-corrected chi connectivity index (χ4v) is 3.65. The van der Waals surface area contributed by atoms with E-state index in [1.807, 2.05) is 0 Å². The van der Waals surface area contributed by atoms with Gasteiger partial charge in [-0.25, -0.2) is 18.3 Å². The van der Waals surface area contributed by atoms with E-state index in [2.05, 4.69) is 5.10 Å². The summed E-state index contributed by atoms with van der Waals surface area (Å²) >= 11 is 0. The number of halogens is 2. The lowest BCUT2D eigenvalue weighted by atomic mass is 9.95. The van der Waals surface area contributed by atoms with E-state index >= 15 is 0 Å². The van der Waals surface area contributed by atoms with Crippen molar-refractivity contribution in [1.82, 2.24) is 19.2 Å². The molecule has 0 radical (unpaired) electrons. The van der Waals surface area contributed by atoms with Crippen LogP contribution < -0.4 is 5.69 Å². The van der Waals surface area contributed by atoms with E-state index in [0.717, 1.165) is 30.8 Å². The Morgan fingerprint density at radius 2 is 1.73 bits per heavy atom. The minimum absolute atomic E-state index is 0.0685. The monoisotopic (exact) mass is 362 g/mol. The minimum Gasteiger partial charge on any atom is -0.338 e. The van der Waals surface area contributed by atoms with Crippen LogP contribution >= 0.6 is 0 Å². The summed E-state index contributed by atoms with van der Waals surface area (Å²) in [4.78, 5) is 26.2. The van der Waals surface area contributed by atoms with Crippen molar-refractivity contribution in [3.8, 4) is 0 Å². The van der Waals surface area contributed by atoms with Crippen LogP contribution in [0.5, 0.6) is 0 Å². The van der Waals surface area contributed by atoms with Crippen molar-refractivity contribution in [3.05, 3.63) is 51.7 Å². The van der Waals surface area contributed by atoms with Gasteiger partial charge in [0.1, 0.15) is 23.0 Å². The van der Waals surface area contributed by atoms with E-state index in [0.29, 0.717) is 25.9 Å². The van der Waals surface area contributed by atoms with Crippen LogP contribution in [-0.2, 0) is 7.05 Å². The van der Waals surface area contributed by atoms with Crippen LogP contribution in [0.15, 0.2) is 23.0 Å². The second kappa shape index (κ2) is 6.34. The first-order valence-corrected chi connectivity index (χ1v) is 8.86. The summed E-state index contributed by atoms with van der Waals surface area (Å²) in [5, 5.41) is 4.40. The number of hydrogen-bond acceptors (Lipinski definition) is 3. The third kappa shape index (κ3) is 2.83. The molecule has 2 aromatic rings. The van der Waals surface area contributed by atoms with E-state index in [1.165, 1.54) is 15.6 Å². The maximum atomic E-state index is 13.9. The van der Waals surface area contributed by atoms with Gasteiger partial charge >= 0.3 is 5.69 Å². The highest BCUT2D eigenvalue weighted by Crippen LogP contribution is 2.37. The molecular formula is C18H20F2N4O2. The first kappa shape index (κ1) is 16.9. The van der Waals surface area contributed by atoms with Crippen molar-refractivity contribution in [3.63, 3.8) is 0 Å². The van der Waals surface area contributed by atoms with Gasteiger partial charge in [0.25, 0.3) is 5.91 Å². The van der Waals surface area contributed by atoms with E-state index in [4.69, 9.17) is 0 Å². The number of rotatable bonds is 3. The zero-order chi connectivity index (χ0) is 18.4. The molecular weight excluding hydrogens is 342 g/mol. The molecule has 26 heavy (non-hydrogen) atoms. The van der Waals surface area contributed by atoms with Gasteiger partial charge in [0, 0.05) is 32.1 Å². The zero-order valence-electron chi connectivity index (χ0n) is 14.5. The quantitative estimate of drug-likeness (QED) is 0.841. The van der Waals surface area contributed by atoms with Crippen molar-refractivity contribution in [2.24, 2.45) is 7.05 Å². The number of aryl methyl sites for hydroxylation is 1. The standard InChI is InChI=1S/C18H20F2N4O2/c1-22-18(26)24(12-5-6-12)16(21-22)11-7-9-23(10-8-11)17(25)15-13(19)3-2-4-14(15)20/h2-4,11-12H,5-10H2,1H3. The summed E-state index contributed by atoms with van der Waals surface area (Å²) in [6.45, 7) is 0.763. The molecule has 0 unspecified atom stereocenters. The molecule has 1 amide bonds. The van der Waals surface area contributed by atoms with E-state index < -0.39 is 23.1 Å². The molecule has 1 aromatic heterocycles. The Morgan fingerprint density at radius 3 is 2.31 bits per heavy atom. The summed E-state index contributed by atoms with van der Waals surface area (Å²) < 4.78 is 30.8. The average molecular weight is 362 g/mol. The fourth-order valence-electron chi connectivity index (χ4n) is 3.65. The summed E-state index contributed by atoms with van der Waals surface area (Å²) in [5.41, 5.74) is -0.604. The number of likely N-dealkylation sites (tertiary alicyclic amines) is 1. The Labute approximate surface area is 149 Å².